The molecule has 5 nitrogen and oxygen atoms in total. The van der Waals surface area contributed by atoms with Crippen LogP contribution in [0, 0.1) is 0 Å². The first-order valence-corrected chi connectivity index (χ1v) is 6.32. The van der Waals surface area contributed by atoms with Crippen molar-refractivity contribution in [1.82, 2.24) is 9.88 Å². The van der Waals surface area contributed by atoms with E-state index in [0.717, 1.165) is 24.4 Å². The van der Waals surface area contributed by atoms with Gasteiger partial charge in [0.2, 0.25) is 0 Å². The number of carboxylic acids is 1. The summed E-state index contributed by atoms with van der Waals surface area (Å²) in [4.78, 5) is 15.6. The van der Waals surface area contributed by atoms with Crippen molar-refractivity contribution in [2.24, 2.45) is 4.99 Å². The third kappa shape index (κ3) is 2.17. The average Bonchev–Trinajstić information content (AvgIpc) is 2.97. The molecule has 2 heterocycles. The fourth-order valence-corrected chi connectivity index (χ4v) is 2.46. The molecule has 0 saturated heterocycles. The molecule has 0 radical (unpaired) electrons. The Hall–Kier alpha value is -2.01. The molecule has 0 atom stereocenters. The maximum absolute atomic E-state index is 11.3. The first kappa shape index (κ1) is 12.0. The molecule has 1 aromatic carbocycles. The SMILES string of the molecule is O=C(O)c1cn(CC2=NCCN2)c2ccc(Cl)cc12. The van der Waals surface area contributed by atoms with Gasteiger partial charge in [-0.05, 0) is 18.2 Å². The van der Waals surface area contributed by atoms with Gasteiger partial charge in [0, 0.05) is 28.7 Å². The van der Waals surface area contributed by atoms with Gasteiger partial charge in [-0.25, -0.2) is 4.79 Å². The normalized spacial score (nSPS) is 14.5. The first-order chi connectivity index (χ1) is 9.15. The van der Waals surface area contributed by atoms with E-state index in [4.69, 9.17) is 11.6 Å². The molecule has 0 unspecified atom stereocenters. The highest BCUT2D eigenvalue weighted by Crippen LogP contribution is 2.25. The molecule has 3 rings (SSSR count). The number of aromatic nitrogens is 1. The molecular formula is C13H12ClN3O2. The minimum Gasteiger partial charge on any atom is -0.478 e. The number of hydrogen-bond acceptors (Lipinski definition) is 3. The Morgan fingerprint density at radius 3 is 3.05 bits per heavy atom. The largest absolute Gasteiger partial charge is 0.478 e. The van der Waals surface area contributed by atoms with Crippen molar-refractivity contribution >= 4 is 34.3 Å². The summed E-state index contributed by atoms with van der Waals surface area (Å²) in [5, 5.41) is 13.6. The maximum Gasteiger partial charge on any atom is 0.337 e. The van der Waals surface area contributed by atoms with E-state index < -0.39 is 5.97 Å². The summed E-state index contributed by atoms with van der Waals surface area (Å²) in [6.45, 7) is 2.16. The van der Waals surface area contributed by atoms with Crippen LogP contribution in [-0.4, -0.2) is 34.6 Å². The minimum absolute atomic E-state index is 0.260. The fraction of sp³-hybridized carbons (Fsp3) is 0.231. The van der Waals surface area contributed by atoms with E-state index in [1.807, 2.05) is 10.6 Å². The van der Waals surface area contributed by atoms with Crippen LogP contribution in [0.4, 0.5) is 0 Å². The second-order valence-electron chi connectivity index (χ2n) is 4.39. The van der Waals surface area contributed by atoms with Crippen LogP contribution < -0.4 is 5.32 Å². The van der Waals surface area contributed by atoms with Gasteiger partial charge in [-0.3, -0.25) is 4.99 Å². The van der Waals surface area contributed by atoms with Crippen LogP contribution in [-0.2, 0) is 6.54 Å². The van der Waals surface area contributed by atoms with Crippen molar-refractivity contribution in [2.45, 2.75) is 6.54 Å². The molecule has 0 fully saturated rings. The van der Waals surface area contributed by atoms with Gasteiger partial charge in [0.25, 0.3) is 0 Å². The third-order valence-electron chi connectivity index (χ3n) is 3.14. The molecular weight excluding hydrogens is 266 g/mol. The fourth-order valence-electron chi connectivity index (χ4n) is 2.28. The van der Waals surface area contributed by atoms with Gasteiger partial charge in [-0.2, -0.15) is 0 Å². The predicted octanol–water partition coefficient (Wildman–Crippen LogP) is 1.99. The van der Waals surface area contributed by atoms with E-state index in [9.17, 15) is 9.90 Å². The smallest absolute Gasteiger partial charge is 0.337 e. The minimum atomic E-state index is -0.952. The van der Waals surface area contributed by atoms with Crippen LogP contribution >= 0.6 is 11.6 Å². The van der Waals surface area contributed by atoms with Gasteiger partial charge in [0.15, 0.2) is 0 Å². The van der Waals surface area contributed by atoms with Crippen LogP contribution in [0.25, 0.3) is 10.9 Å². The van der Waals surface area contributed by atoms with Gasteiger partial charge < -0.3 is 15.0 Å². The Balaban J connectivity index is 2.11. The summed E-state index contributed by atoms with van der Waals surface area (Å²) < 4.78 is 1.88. The number of amidine groups is 1. The second-order valence-corrected chi connectivity index (χ2v) is 4.83. The number of carboxylic acid groups (broad SMARTS) is 1. The van der Waals surface area contributed by atoms with Crippen molar-refractivity contribution < 1.29 is 9.90 Å². The molecule has 98 valence electrons. The number of nitrogens with one attached hydrogen (secondary N) is 1. The average molecular weight is 278 g/mol. The highest BCUT2D eigenvalue weighted by Gasteiger charge is 2.16. The van der Waals surface area contributed by atoms with Crippen LogP contribution in [0.2, 0.25) is 5.02 Å². The second kappa shape index (κ2) is 4.59. The number of halogens is 1. The highest BCUT2D eigenvalue weighted by atomic mass is 35.5. The quantitative estimate of drug-likeness (QED) is 0.902. The molecule has 0 aliphatic carbocycles. The molecule has 2 aromatic rings. The van der Waals surface area contributed by atoms with E-state index in [-0.39, 0.29) is 5.56 Å². The molecule has 0 bridgehead atoms. The van der Waals surface area contributed by atoms with Crippen molar-refractivity contribution in [3.63, 3.8) is 0 Å². The topological polar surface area (TPSA) is 66.6 Å². The van der Waals surface area contributed by atoms with Crippen molar-refractivity contribution in [2.75, 3.05) is 13.1 Å². The zero-order valence-electron chi connectivity index (χ0n) is 10.1. The van der Waals surface area contributed by atoms with E-state index in [2.05, 4.69) is 10.3 Å². The zero-order valence-corrected chi connectivity index (χ0v) is 10.8. The predicted molar refractivity (Wildman–Crippen MR) is 74.2 cm³/mol. The van der Waals surface area contributed by atoms with Crippen molar-refractivity contribution in [3.05, 3.63) is 35.0 Å². The number of benzene rings is 1. The van der Waals surface area contributed by atoms with E-state index in [1.54, 1.807) is 18.3 Å². The van der Waals surface area contributed by atoms with Crippen molar-refractivity contribution in [3.8, 4) is 0 Å². The molecule has 0 saturated carbocycles. The molecule has 1 aliphatic rings. The lowest BCUT2D eigenvalue weighted by atomic mass is 10.2. The molecule has 1 aliphatic heterocycles. The molecule has 6 heteroatoms. The molecule has 19 heavy (non-hydrogen) atoms. The molecule has 0 spiro atoms. The summed E-state index contributed by atoms with van der Waals surface area (Å²) >= 11 is 5.94. The van der Waals surface area contributed by atoms with Gasteiger partial charge in [0.05, 0.1) is 18.7 Å². The van der Waals surface area contributed by atoms with Crippen LogP contribution in [0.3, 0.4) is 0 Å². The maximum atomic E-state index is 11.3. The first-order valence-electron chi connectivity index (χ1n) is 5.94. The molecule has 2 N–H and O–H groups in total. The Morgan fingerprint density at radius 2 is 2.37 bits per heavy atom. The number of fused-ring (bicyclic) bond motifs is 1. The monoisotopic (exact) mass is 277 g/mol. The van der Waals surface area contributed by atoms with Crippen LogP contribution in [0.5, 0.6) is 0 Å². The van der Waals surface area contributed by atoms with E-state index >= 15 is 0 Å². The van der Waals surface area contributed by atoms with Gasteiger partial charge in [-0.15, -0.1) is 0 Å². The Kier molecular flexibility index (Phi) is 2.91. The lowest BCUT2D eigenvalue weighted by Gasteiger charge is -2.05. The molecule has 1 aromatic heterocycles. The Bertz CT molecular complexity index is 690. The Labute approximate surface area is 114 Å². The molecule has 0 amide bonds. The number of rotatable bonds is 3. The summed E-state index contributed by atoms with van der Waals surface area (Å²) in [7, 11) is 0. The number of aliphatic imine (C=N–C) groups is 1. The lowest BCUT2D eigenvalue weighted by Crippen LogP contribution is -2.23. The van der Waals surface area contributed by atoms with E-state index in [0.29, 0.717) is 17.0 Å². The zero-order chi connectivity index (χ0) is 13.4. The number of hydrogen-bond donors (Lipinski definition) is 2. The van der Waals surface area contributed by atoms with Crippen LogP contribution in [0.1, 0.15) is 10.4 Å². The van der Waals surface area contributed by atoms with Gasteiger partial charge in [0.1, 0.15) is 5.84 Å². The third-order valence-corrected chi connectivity index (χ3v) is 3.37. The van der Waals surface area contributed by atoms with Gasteiger partial charge >= 0.3 is 5.97 Å². The van der Waals surface area contributed by atoms with E-state index in [1.165, 1.54) is 0 Å². The lowest BCUT2D eigenvalue weighted by molar-refractivity contribution is 0.0699. The standard InChI is InChI=1S/C13H12ClN3O2/c14-8-1-2-11-9(5-8)10(13(18)19)6-17(11)7-12-15-3-4-16-12/h1-2,5-6H,3-4,7H2,(H,15,16)(H,18,19). The number of aromatic carboxylic acids is 1. The number of nitrogens with zero attached hydrogens (tertiary/aromatic N) is 2. The van der Waals surface area contributed by atoms with Crippen molar-refractivity contribution in [1.29, 1.82) is 0 Å². The Morgan fingerprint density at radius 1 is 1.53 bits per heavy atom. The summed E-state index contributed by atoms with van der Waals surface area (Å²) in [6.07, 6.45) is 1.63. The van der Waals surface area contributed by atoms with Gasteiger partial charge in [-0.1, -0.05) is 11.6 Å². The summed E-state index contributed by atoms with van der Waals surface area (Å²) in [6, 6.07) is 5.27. The van der Waals surface area contributed by atoms with Crippen LogP contribution in [0.15, 0.2) is 29.4 Å². The summed E-state index contributed by atoms with van der Waals surface area (Å²) in [5.41, 5.74) is 1.11. The highest BCUT2D eigenvalue weighted by molar-refractivity contribution is 6.31. The summed E-state index contributed by atoms with van der Waals surface area (Å²) in [5.74, 6) is -0.0730. The number of carbonyl (C=O) groups is 1.